The number of nitrogens with zero attached hydrogens (tertiary/aromatic N) is 1. The summed E-state index contributed by atoms with van der Waals surface area (Å²) in [6.45, 7) is 2.08. The predicted molar refractivity (Wildman–Crippen MR) is 97.7 cm³/mol. The molecule has 0 aliphatic rings. The van der Waals surface area contributed by atoms with E-state index in [1.807, 2.05) is 30.3 Å². The van der Waals surface area contributed by atoms with Crippen LogP contribution in [0.1, 0.15) is 11.1 Å². The summed E-state index contributed by atoms with van der Waals surface area (Å²) >= 11 is 1.62. The van der Waals surface area contributed by atoms with Crippen LogP contribution in [-0.4, -0.2) is 16.6 Å². The second-order valence-corrected chi connectivity index (χ2v) is 6.39. The highest BCUT2D eigenvalue weighted by molar-refractivity contribution is 7.99. The van der Waals surface area contributed by atoms with Gasteiger partial charge in [-0.2, -0.15) is 0 Å². The van der Waals surface area contributed by atoms with Gasteiger partial charge in [0.2, 0.25) is 5.91 Å². The number of benzene rings is 2. The van der Waals surface area contributed by atoms with Gasteiger partial charge in [0.25, 0.3) is 0 Å². The van der Waals surface area contributed by atoms with Crippen LogP contribution in [0, 0.1) is 6.92 Å². The molecular formula is C19H18N2OS. The zero-order valence-corrected chi connectivity index (χ0v) is 13.8. The van der Waals surface area contributed by atoms with Crippen LogP contribution in [0.25, 0.3) is 10.9 Å². The van der Waals surface area contributed by atoms with Crippen LogP contribution in [0.2, 0.25) is 0 Å². The molecule has 116 valence electrons. The Labute approximate surface area is 140 Å². The first-order chi connectivity index (χ1) is 11.2. The number of carbonyl (C=O) groups is 1. The van der Waals surface area contributed by atoms with Gasteiger partial charge in [-0.25, -0.2) is 0 Å². The minimum absolute atomic E-state index is 0.0130. The first kappa shape index (κ1) is 15.6. The Balaban J connectivity index is 1.59. The number of pyridine rings is 1. The molecule has 23 heavy (non-hydrogen) atoms. The Morgan fingerprint density at radius 2 is 2.00 bits per heavy atom. The number of fused-ring (bicyclic) bond motifs is 1. The molecule has 0 saturated heterocycles. The number of thioether (sulfide) groups is 1. The summed E-state index contributed by atoms with van der Waals surface area (Å²) in [7, 11) is 0. The maximum absolute atomic E-state index is 12.2. The Bertz CT molecular complexity index is 827. The van der Waals surface area contributed by atoms with E-state index in [0.29, 0.717) is 5.75 Å². The van der Waals surface area contributed by atoms with E-state index in [-0.39, 0.29) is 5.91 Å². The lowest BCUT2D eigenvalue weighted by Gasteiger charge is -2.08. The van der Waals surface area contributed by atoms with Crippen molar-refractivity contribution in [3.63, 3.8) is 0 Å². The minimum atomic E-state index is 0.0130. The Morgan fingerprint density at radius 3 is 2.87 bits per heavy atom. The highest BCUT2D eigenvalue weighted by Crippen LogP contribution is 2.22. The number of rotatable bonds is 5. The number of anilines is 1. The molecule has 0 aliphatic carbocycles. The number of carbonyl (C=O) groups excluding carboxylic acids is 1. The number of hydrogen-bond donors (Lipinski definition) is 1. The van der Waals surface area contributed by atoms with E-state index in [1.165, 1.54) is 11.1 Å². The van der Waals surface area contributed by atoms with Crippen LogP contribution in [0.5, 0.6) is 0 Å². The summed E-state index contributed by atoms with van der Waals surface area (Å²) in [6.07, 6.45) is 1.76. The van der Waals surface area contributed by atoms with Crippen LogP contribution in [0.3, 0.4) is 0 Å². The van der Waals surface area contributed by atoms with Crippen molar-refractivity contribution in [3.8, 4) is 0 Å². The zero-order chi connectivity index (χ0) is 16.1. The van der Waals surface area contributed by atoms with Gasteiger partial charge in [-0.05, 0) is 36.8 Å². The van der Waals surface area contributed by atoms with Gasteiger partial charge >= 0.3 is 0 Å². The van der Waals surface area contributed by atoms with Crippen molar-refractivity contribution in [1.29, 1.82) is 0 Å². The van der Waals surface area contributed by atoms with Crippen molar-refractivity contribution in [1.82, 2.24) is 4.98 Å². The summed E-state index contributed by atoms with van der Waals surface area (Å²) in [6, 6.07) is 18.0. The normalized spacial score (nSPS) is 10.7. The van der Waals surface area contributed by atoms with Gasteiger partial charge in [0.15, 0.2) is 0 Å². The molecule has 0 atom stereocenters. The average Bonchev–Trinajstić information content (AvgIpc) is 2.55. The van der Waals surface area contributed by atoms with Gasteiger partial charge in [0, 0.05) is 17.3 Å². The standard InChI is InChI=1S/C19H18N2OS/c1-14-5-2-6-15(11-14)12-23-13-19(22)21-18-9-3-8-17-16(18)7-4-10-20-17/h2-11H,12-13H2,1H3,(H,21,22). The van der Waals surface area contributed by atoms with Gasteiger partial charge in [0.05, 0.1) is 17.0 Å². The van der Waals surface area contributed by atoms with Gasteiger partial charge in [-0.15, -0.1) is 11.8 Å². The van der Waals surface area contributed by atoms with Crippen molar-refractivity contribution in [2.24, 2.45) is 0 Å². The van der Waals surface area contributed by atoms with Crippen molar-refractivity contribution < 1.29 is 4.79 Å². The Kier molecular flexibility index (Phi) is 4.93. The molecule has 0 aliphatic heterocycles. The molecule has 0 saturated carbocycles. The Morgan fingerprint density at radius 1 is 1.13 bits per heavy atom. The van der Waals surface area contributed by atoms with Crippen LogP contribution in [0.15, 0.2) is 60.8 Å². The van der Waals surface area contributed by atoms with E-state index in [2.05, 4.69) is 41.5 Å². The maximum Gasteiger partial charge on any atom is 0.234 e. The molecule has 3 nitrogen and oxygen atoms in total. The summed E-state index contributed by atoms with van der Waals surface area (Å²) in [5, 5.41) is 3.95. The fourth-order valence-electron chi connectivity index (χ4n) is 2.46. The van der Waals surface area contributed by atoms with Crippen molar-refractivity contribution in [3.05, 3.63) is 71.9 Å². The molecule has 0 radical (unpaired) electrons. The lowest BCUT2D eigenvalue weighted by atomic mass is 10.2. The minimum Gasteiger partial charge on any atom is -0.325 e. The second-order valence-electron chi connectivity index (χ2n) is 5.41. The number of nitrogens with one attached hydrogen (secondary N) is 1. The van der Waals surface area contributed by atoms with E-state index in [1.54, 1.807) is 18.0 Å². The van der Waals surface area contributed by atoms with E-state index < -0.39 is 0 Å². The first-order valence-corrected chi connectivity index (χ1v) is 8.65. The molecular weight excluding hydrogens is 304 g/mol. The largest absolute Gasteiger partial charge is 0.325 e. The Hall–Kier alpha value is -2.33. The van der Waals surface area contributed by atoms with Gasteiger partial charge in [-0.1, -0.05) is 35.9 Å². The molecule has 0 spiro atoms. The summed E-state index contributed by atoms with van der Waals surface area (Å²) < 4.78 is 0. The molecule has 1 heterocycles. The number of aryl methyl sites for hydroxylation is 1. The van der Waals surface area contributed by atoms with E-state index in [4.69, 9.17) is 0 Å². The third-order valence-electron chi connectivity index (χ3n) is 3.50. The van der Waals surface area contributed by atoms with Crippen molar-refractivity contribution in [2.45, 2.75) is 12.7 Å². The highest BCUT2D eigenvalue weighted by Gasteiger charge is 2.06. The monoisotopic (exact) mass is 322 g/mol. The predicted octanol–water partition coefficient (Wildman–Crippen LogP) is 4.42. The molecule has 1 aromatic heterocycles. The lowest BCUT2D eigenvalue weighted by Crippen LogP contribution is -2.14. The van der Waals surface area contributed by atoms with E-state index in [0.717, 1.165) is 22.3 Å². The molecule has 0 unspecified atom stereocenters. The second kappa shape index (κ2) is 7.29. The molecule has 4 heteroatoms. The summed E-state index contributed by atoms with van der Waals surface area (Å²) in [4.78, 5) is 16.5. The molecule has 0 fully saturated rings. The SMILES string of the molecule is Cc1cccc(CSCC(=O)Nc2cccc3ncccc23)c1. The van der Waals surface area contributed by atoms with Gasteiger partial charge < -0.3 is 5.32 Å². The third-order valence-corrected chi connectivity index (χ3v) is 4.51. The molecule has 1 amide bonds. The van der Waals surface area contributed by atoms with Crippen LogP contribution in [-0.2, 0) is 10.5 Å². The first-order valence-electron chi connectivity index (χ1n) is 7.49. The van der Waals surface area contributed by atoms with Crippen LogP contribution < -0.4 is 5.32 Å². The molecule has 2 aromatic carbocycles. The quantitative estimate of drug-likeness (QED) is 0.756. The third kappa shape index (κ3) is 4.11. The van der Waals surface area contributed by atoms with Crippen molar-refractivity contribution in [2.75, 3.05) is 11.1 Å². The molecule has 3 rings (SSSR count). The fraction of sp³-hybridized carbons (Fsp3) is 0.158. The van der Waals surface area contributed by atoms with Crippen LogP contribution in [0.4, 0.5) is 5.69 Å². The van der Waals surface area contributed by atoms with Crippen LogP contribution >= 0.6 is 11.8 Å². The zero-order valence-electron chi connectivity index (χ0n) is 13.0. The molecule has 3 aromatic rings. The lowest BCUT2D eigenvalue weighted by molar-refractivity contribution is -0.113. The molecule has 0 bridgehead atoms. The maximum atomic E-state index is 12.2. The number of amides is 1. The average molecular weight is 322 g/mol. The molecule has 1 N–H and O–H groups in total. The van der Waals surface area contributed by atoms with E-state index in [9.17, 15) is 4.79 Å². The number of hydrogen-bond acceptors (Lipinski definition) is 3. The number of aromatic nitrogens is 1. The van der Waals surface area contributed by atoms with Gasteiger partial charge in [0.1, 0.15) is 0 Å². The fourth-order valence-corrected chi connectivity index (χ4v) is 3.24. The summed E-state index contributed by atoms with van der Waals surface area (Å²) in [5.41, 5.74) is 4.20. The van der Waals surface area contributed by atoms with E-state index >= 15 is 0 Å². The topological polar surface area (TPSA) is 42.0 Å². The summed E-state index contributed by atoms with van der Waals surface area (Å²) in [5.74, 6) is 1.29. The van der Waals surface area contributed by atoms with Crippen molar-refractivity contribution >= 4 is 34.3 Å². The smallest absolute Gasteiger partial charge is 0.234 e. The van der Waals surface area contributed by atoms with Gasteiger partial charge in [-0.3, -0.25) is 9.78 Å². The highest BCUT2D eigenvalue weighted by atomic mass is 32.2.